The van der Waals surface area contributed by atoms with Crippen molar-refractivity contribution in [2.24, 2.45) is 5.92 Å². The minimum atomic E-state index is 0.740. The van der Waals surface area contributed by atoms with Gasteiger partial charge in [0, 0.05) is 6.54 Å². The molecule has 1 fully saturated rings. The monoisotopic (exact) mass is 288 g/mol. The zero-order valence-electron chi connectivity index (χ0n) is 13.9. The fourth-order valence-corrected chi connectivity index (χ4v) is 3.11. The van der Waals surface area contributed by atoms with Crippen molar-refractivity contribution in [3.8, 4) is 0 Å². The van der Waals surface area contributed by atoms with Crippen molar-refractivity contribution in [2.75, 3.05) is 26.2 Å². The molecule has 0 aromatic heterocycles. The predicted octanol–water partition coefficient (Wildman–Crippen LogP) is 3.85. The lowest BCUT2D eigenvalue weighted by molar-refractivity contribution is 0.225. The van der Waals surface area contributed by atoms with E-state index in [0.29, 0.717) is 0 Å². The van der Waals surface area contributed by atoms with E-state index in [1.54, 1.807) is 0 Å². The Morgan fingerprint density at radius 2 is 1.67 bits per heavy atom. The third-order valence-electron chi connectivity index (χ3n) is 4.27. The first-order chi connectivity index (χ1) is 10.2. The molecule has 0 aliphatic carbocycles. The highest BCUT2D eigenvalue weighted by molar-refractivity contribution is 5.22. The van der Waals surface area contributed by atoms with Crippen LogP contribution in [0.15, 0.2) is 24.3 Å². The molecule has 0 unspecified atom stereocenters. The highest BCUT2D eigenvalue weighted by Crippen LogP contribution is 2.10. The topological polar surface area (TPSA) is 15.3 Å². The van der Waals surface area contributed by atoms with E-state index in [1.807, 2.05) is 0 Å². The van der Waals surface area contributed by atoms with Crippen LogP contribution < -0.4 is 5.32 Å². The molecule has 0 atom stereocenters. The zero-order valence-corrected chi connectivity index (χ0v) is 13.9. The second-order valence-corrected chi connectivity index (χ2v) is 6.85. The van der Waals surface area contributed by atoms with Crippen molar-refractivity contribution >= 4 is 0 Å². The molecule has 2 nitrogen and oxygen atoms in total. The van der Waals surface area contributed by atoms with Crippen LogP contribution in [-0.2, 0) is 13.0 Å². The number of hydrogen-bond acceptors (Lipinski definition) is 2. The maximum absolute atomic E-state index is 3.57. The maximum Gasteiger partial charge on any atom is 0.0205 e. The lowest BCUT2D eigenvalue weighted by Crippen LogP contribution is -2.32. The van der Waals surface area contributed by atoms with Gasteiger partial charge in [-0.3, -0.25) is 0 Å². The van der Waals surface area contributed by atoms with Gasteiger partial charge < -0.3 is 10.2 Å². The molecule has 1 heterocycles. The first kappa shape index (κ1) is 16.5. The summed E-state index contributed by atoms with van der Waals surface area (Å²) >= 11 is 0. The van der Waals surface area contributed by atoms with Crippen molar-refractivity contribution in [3.63, 3.8) is 0 Å². The van der Waals surface area contributed by atoms with E-state index in [1.165, 1.54) is 62.9 Å². The summed E-state index contributed by atoms with van der Waals surface area (Å²) < 4.78 is 0. The van der Waals surface area contributed by atoms with Crippen LogP contribution in [0, 0.1) is 5.92 Å². The van der Waals surface area contributed by atoms with Crippen LogP contribution in [0.25, 0.3) is 0 Å². The van der Waals surface area contributed by atoms with Crippen LogP contribution >= 0.6 is 0 Å². The maximum atomic E-state index is 3.57. The Morgan fingerprint density at radius 1 is 1.00 bits per heavy atom. The minimum Gasteiger partial charge on any atom is -0.313 e. The van der Waals surface area contributed by atoms with E-state index in [4.69, 9.17) is 0 Å². The first-order valence-corrected chi connectivity index (χ1v) is 8.75. The summed E-state index contributed by atoms with van der Waals surface area (Å²) in [6, 6.07) is 9.11. The van der Waals surface area contributed by atoms with Crippen molar-refractivity contribution in [1.82, 2.24) is 10.2 Å². The van der Waals surface area contributed by atoms with Crippen molar-refractivity contribution in [3.05, 3.63) is 35.4 Å². The Balaban J connectivity index is 1.57. The van der Waals surface area contributed by atoms with Crippen molar-refractivity contribution in [2.45, 2.75) is 52.5 Å². The molecule has 0 radical (unpaired) electrons. The van der Waals surface area contributed by atoms with E-state index >= 15 is 0 Å². The number of nitrogens with zero attached hydrogens (tertiary/aromatic N) is 1. The molecule has 21 heavy (non-hydrogen) atoms. The van der Waals surface area contributed by atoms with Gasteiger partial charge in [-0.25, -0.2) is 0 Å². The number of piperidine rings is 1. The normalized spacial score (nSPS) is 16.5. The van der Waals surface area contributed by atoms with Gasteiger partial charge in [-0.15, -0.1) is 0 Å². The van der Waals surface area contributed by atoms with Crippen LogP contribution in [0.5, 0.6) is 0 Å². The molecule has 0 saturated carbocycles. The number of rotatable bonds is 8. The molecular weight excluding hydrogens is 256 g/mol. The highest BCUT2D eigenvalue weighted by Gasteiger charge is 2.08. The molecule has 0 spiro atoms. The lowest BCUT2D eigenvalue weighted by Gasteiger charge is -2.26. The third kappa shape index (κ3) is 6.62. The molecule has 1 aromatic rings. The largest absolute Gasteiger partial charge is 0.313 e. The van der Waals surface area contributed by atoms with Crippen LogP contribution in [0.1, 0.15) is 50.7 Å². The predicted molar refractivity (Wildman–Crippen MR) is 91.6 cm³/mol. The minimum absolute atomic E-state index is 0.740. The molecule has 118 valence electrons. The van der Waals surface area contributed by atoms with Gasteiger partial charge in [0.05, 0.1) is 0 Å². The van der Waals surface area contributed by atoms with Crippen molar-refractivity contribution in [1.29, 1.82) is 0 Å². The molecule has 1 N–H and O–H groups in total. The van der Waals surface area contributed by atoms with E-state index in [2.05, 4.69) is 48.3 Å². The highest BCUT2D eigenvalue weighted by atomic mass is 15.1. The number of benzene rings is 1. The van der Waals surface area contributed by atoms with Gasteiger partial charge in [-0.2, -0.15) is 0 Å². The summed E-state index contributed by atoms with van der Waals surface area (Å²) in [6.07, 6.45) is 6.68. The zero-order chi connectivity index (χ0) is 14.9. The third-order valence-corrected chi connectivity index (χ3v) is 4.27. The standard InChI is InChI=1S/C19H32N2/c1-17(2)15-18-7-9-19(10-8-18)16-20-11-6-14-21-12-4-3-5-13-21/h7-10,17,20H,3-6,11-16H2,1-2H3. The molecule has 2 heteroatoms. The molecule has 0 amide bonds. The number of nitrogens with one attached hydrogen (secondary N) is 1. The molecule has 1 aromatic carbocycles. The number of likely N-dealkylation sites (tertiary alicyclic amines) is 1. The van der Waals surface area contributed by atoms with Crippen LogP contribution in [0.3, 0.4) is 0 Å². The smallest absolute Gasteiger partial charge is 0.0205 e. The fourth-order valence-electron chi connectivity index (χ4n) is 3.11. The average Bonchev–Trinajstić information content (AvgIpc) is 2.49. The van der Waals surface area contributed by atoms with Crippen LogP contribution in [0.4, 0.5) is 0 Å². The van der Waals surface area contributed by atoms with E-state index in [0.717, 1.165) is 19.0 Å². The Labute approximate surface area is 130 Å². The summed E-state index contributed by atoms with van der Waals surface area (Å²) in [6.45, 7) is 10.6. The molecule has 2 rings (SSSR count). The Bertz CT molecular complexity index is 377. The van der Waals surface area contributed by atoms with Gasteiger partial charge in [0.15, 0.2) is 0 Å². The van der Waals surface area contributed by atoms with Crippen LogP contribution in [0.2, 0.25) is 0 Å². The second kappa shape index (κ2) is 9.22. The lowest BCUT2D eigenvalue weighted by atomic mass is 10.0. The second-order valence-electron chi connectivity index (χ2n) is 6.85. The molecule has 1 aliphatic heterocycles. The molecule has 1 saturated heterocycles. The summed E-state index contributed by atoms with van der Waals surface area (Å²) in [7, 11) is 0. The quantitative estimate of drug-likeness (QED) is 0.731. The summed E-state index contributed by atoms with van der Waals surface area (Å²) in [5.41, 5.74) is 2.86. The van der Waals surface area contributed by atoms with Crippen molar-refractivity contribution < 1.29 is 0 Å². The van der Waals surface area contributed by atoms with Gasteiger partial charge in [-0.05, 0) is 68.9 Å². The first-order valence-electron chi connectivity index (χ1n) is 8.75. The van der Waals surface area contributed by atoms with Gasteiger partial charge in [0.25, 0.3) is 0 Å². The van der Waals surface area contributed by atoms with E-state index in [9.17, 15) is 0 Å². The number of hydrogen-bond donors (Lipinski definition) is 1. The Hall–Kier alpha value is -0.860. The summed E-state index contributed by atoms with van der Waals surface area (Å²) in [4.78, 5) is 2.62. The SMILES string of the molecule is CC(C)Cc1ccc(CNCCCN2CCCCC2)cc1. The van der Waals surface area contributed by atoms with Gasteiger partial charge in [-0.1, -0.05) is 44.5 Å². The Morgan fingerprint density at radius 3 is 2.33 bits per heavy atom. The molecule has 0 bridgehead atoms. The summed E-state index contributed by atoms with van der Waals surface area (Å²) in [5, 5.41) is 3.57. The fraction of sp³-hybridized carbons (Fsp3) is 0.684. The van der Waals surface area contributed by atoms with Gasteiger partial charge in [0.2, 0.25) is 0 Å². The summed E-state index contributed by atoms with van der Waals surface area (Å²) in [5.74, 6) is 0.740. The van der Waals surface area contributed by atoms with Crippen LogP contribution in [-0.4, -0.2) is 31.1 Å². The molecule has 1 aliphatic rings. The van der Waals surface area contributed by atoms with E-state index < -0.39 is 0 Å². The molecular formula is C19H32N2. The average molecular weight is 288 g/mol. The van der Waals surface area contributed by atoms with E-state index in [-0.39, 0.29) is 0 Å². The van der Waals surface area contributed by atoms with Gasteiger partial charge in [0.1, 0.15) is 0 Å². The van der Waals surface area contributed by atoms with Gasteiger partial charge >= 0.3 is 0 Å². The Kier molecular flexibility index (Phi) is 7.25.